The topological polar surface area (TPSA) is 57.2 Å². The summed E-state index contributed by atoms with van der Waals surface area (Å²) in [5, 5.41) is 10.7. The van der Waals surface area contributed by atoms with Gasteiger partial charge >= 0.3 is 0 Å². The van der Waals surface area contributed by atoms with Gasteiger partial charge in [-0.05, 0) is 18.1 Å². The van der Waals surface area contributed by atoms with Crippen LogP contribution >= 0.6 is 0 Å². The van der Waals surface area contributed by atoms with E-state index in [1.165, 1.54) is 0 Å². The first-order valence-corrected chi connectivity index (χ1v) is 9.56. The van der Waals surface area contributed by atoms with Crippen LogP contribution in [-0.4, -0.2) is 42.4 Å². The molecule has 150 valence electrons. The van der Waals surface area contributed by atoms with Gasteiger partial charge in [0.05, 0.1) is 25.9 Å². The lowest BCUT2D eigenvalue weighted by Gasteiger charge is -2.25. The van der Waals surface area contributed by atoms with E-state index in [0.29, 0.717) is 19.8 Å². The maximum absolute atomic E-state index is 10.7. The summed E-state index contributed by atoms with van der Waals surface area (Å²) in [5.41, 5.74) is 2.11. The van der Waals surface area contributed by atoms with E-state index in [-0.39, 0.29) is 6.10 Å². The first-order valence-electron chi connectivity index (χ1n) is 9.56. The van der Waals surface area contributed by atoms with E-state index in [4.69, 9.17) is 18.9 Å². The fraction of sp³-hybridized carbons (Fsp3) is 0.391. The van der Waals surface area contributed by atoms with Crippen molar-refractivity contribution < 1.29 is 24.1 Å². The van der Waals surface area contributed by atoms with Crippen molar-refractivity contribution in [2.45, 2.75) is 50.8 Å². The molecule has 5 heteroatoms. The number of hydrogen-bond donors (Lipinski definition) is 1. The predicted molar refractivity (Wildman–Crippen MR) is 107 cm³/mol. The average Bonchev–Trinajstić information content (AvgIpc) is 3.06. The highest BCUT2D eigenvalue weighted by Crippen LogP contribution is 2.29. The van der Waals surface area contributed by atoms with E-state index in [2.05, 4.69) is 6.58 Å². The van der Waals surface area contributed by atoms with Gasteiger partial charge in [0.15, 0.2) is 6.29 Å². The van der Waals surface area contributed by atoms with Gasteiger partial charge in [-0.2, -0.15) is 0 Å². The van der Waals surface area contributed by atoms with Gasteiger partial charge in [0.2, 0.25) is 0 Å². The van der Waals surface area contributed by atoms with Gasteiger partial charge in [-0.1, -0.05) is 66.7 Å². The molecule has 1 aliphatic heterocycles. The molecule has 0 unspecified atom stereocenters. The molecule has 0 amide bonds. The second-order valence-electron chi connectivity index (χ2n) is 6.84. The summed E-state index contributed by atoms with van der Waals surface area (Å²) < 4.78 is 23.6. The van der Waals surface area contributed by atoms with Crippen LogP contribution in [0.5, 0.6) is 0 Å². The van der Waals surface area contributed by atoms with Crippen LogP contribution in [-0.2, 0) is 32.2 Å². The van der Waals surface area contributed by atoms with E-state index in [0.717, 1.165) is 11.1 Å². The molecule has 1 aliphatic rings. The van der Waals surface area contributed by atoms with E-state index in [9.17, 15) is 5.11 Å². The second-order valence-corrected chi connectivity index (χ2v) is 6.84. The minimum Gasteiger partial charge on any atom is -0.385 e. The molecule has 0 saturated carbocycles. The minimum atomic E-state index is -0.906. The molecule has 0 spiro atoms. The number of rotatable bonds is 10. The maximum Gasteiger partial charge on any atom is 0.187 e. The summed E-state index contributed by atoms with van der Waals surface area (Å²) in [6.07, 6.45) is -1.34. The highest BCUT2D eigenvalue weighted by Gasteiger charge is 2.47. The highest BCUT2D eigenvalue weighted by atomic mass is 16.7. The number of hydrogen-bond acceptors (Lipinski definition) is 5. The standard InChI is InChI=1S/C23H28O5/c1-3-14-25-23-20(24)22(27-16-19-12-8-5-9-13-19)21(28-23)17(2)26-15-18-10-6-4-7-11-18/h3-13,17,20-24H,1,14-16H2,2H3/t17-,20+,21+,22-,23+/m0/s1. The fourth-order valence-corrected chi connectivity index (χ4v) is 3.20. The normalized spacial score (nSPS) is 25.5. The lowest BCUT2D eigenvalue weighted by molar-refractivity contribution is -0.177. The summed E-state index contributed by atoms with van der Waals surface area (Å²) in [6.45, 7) is 6.69. The van der Waals surface area contributed by atoms with Crippen LogP contribution in [0.1, 0.15) is 18.1 Å². The summed E-state index contributed by atoms with van der Waals surface area (Å²) in [6, 6.07) is 19.8. The smallest absolute Gasteiger partial charge is 0.187 e. The molecular weight excluding hydrogens is 356 g/mol. The lowest BCUT2D eigenvalue weighted by atomic mass is 10.1. The van der Waals surface area contributed by atoms with Crippen molar-refractivity contribution in [3.8, 4) is 0 Å². The molecule has 3 rings (SSSR count). The van der Waals surface area contributed by atoms with E-state index in [1.807, 2.05) is 67.6 Å². The molecule has 1 saturated heterocycles. The minimum absolute atomic E-state index is 0.284. The Labute approximate surface area is 166 Å². The van der Waals surface area contributed by atoms with Gasteiger partial charge < -0.3 is 24.1 Å². The molecule has 1 N–H and O–H groups in total. The van der Waals surface area contributed by atoms with Crippen molar-refractivity contribution in [3.63, 3.8) is 0 Å². The predicted octanol–water partition coefficient (Wildman–Crippen LogP) is 3.47. The Kier molecular flexibility index (Phi) is 7.77. The van der Waals surface area contributed by atoms with Crippen LogP contribution in [0.25, 0.3) is 0 Å². The SMILES string of the molecule is C=CCO[C@@H]1O[C@H]([C@H](C)OCc2ccccc2)[C@@H](OCc2ccccc2)[C@H]1O. The molecule has 5 atom stereocenters. The summed E-state index contributed by atoms with van der Waals surface area (Å²) in [7, 11) is 0. The monoisotopic (exact) mass is 384 g/mol. The molecule has 0 aromatic heterocycles. The lowest BCUT2D eigenvalue weighted by Crippen LogP contribution is -2.41. The van der Waals surface area contributed by atoms with Gasteiger partial charge in [-0.3, -0.25) is 0 Å². The van der Waals surface area contributed by atoms with Gasteiger partial charge in [0.25, 0.3) is 0 Å². The van der Waals surface area contributed by atoms with E-state index >= 15 is 0 Å². The summed E-state index contributed by atoms with van der Waals surface area (Å²) >= 11 is 0. The van der Waals surface area contributed by atoms with Gasteiger partial charge in [0, 0.05) is 0 Å². The Balaban J connectivity index is 1.64. The zero-order valence-corrected chi connectivity index (χ0v) is 16.1. The van der Waals surface area contributed by atoms with Gasteiger partial charge in [-0.15, -0.1) is 6.58 Å². The van der Waals surface area contributed by atoms with E-state index < -0.39 is 24.6 Å². The Morgan fingerprint density at radius 2 is 1.61 bits per heavy atom. The van der Waals surface area contributed by atoms with Crippen molar-refractivity contribution in [3.05, 3.63) is 84.4 Å². The van der Waals surface area contributed by atoms with E-state index in [1.54, 1.807) is 6.08 Å². The Hall–Kier alpha value is -2.02. The molecular formula is C23H28O5. The van der Waals surface area contributed by atoms with Crippen LogP contribution in [0, 0.1) is 0 Å². The molecule has 1 fully saturated rings. The zero-order valence-electron chi connectivity index (χ0n) is 16.1. The molecule has 1 heterocycles. The molecule has 28 heavy (non-hydrogen) atoms. The fourth-order valence-electron chi connectivity index (χ4n) is 3.20. The first kappa shape index (κ1) is 20.7. The van der Waals surface area contributed by atoms with Gasteiger partial charge in [0.1, 0.15) is 18.3 Å². The molecule has 0 bridgehead atoms. The van der Waals surface area contributed by atoms with Crippen molar-refractivity contribution in [2.75, 3.05) is 6.61 Å². The molecule has 5 nitrogen and oxygen atoms in total. The number of aliphatic hydroxyl groups is 1. The van der Waals surface area contributed by atoms with Crippen LogP contribution in [0.4, 0.5) is 0 Å². The van der Waals surface area contributed by atoms with Gasteiger partial charge in [-0.25, -0.2) is 0 Å². The average molecular weight is 384 g/mol. The number of aliphatic hydroxyl groups excluding tert-OH is 1. The number of benzene rings is 2. The Morgan fingerprint density at radius 1 is 1.00 bits per heavy atom. The molecule has 2 aromatic rings. The quantitative estimate of drug-likeness (QED) is 0.636. The molecule has 2 aromatic carbocycles. The molecule has 0 aliphatic carbocycles. The third-order valence-corrected chi connectivity index (χ3v) is 4.71. The third kappa shape index (κ3) is 5.50. The maximum atomic E-state index is 10.7. The van der Waals surface area contributed by atoms with Crippen molar-refractivity contribution in [1.82, 2.24) is 0 Å². The number of ether oxygens (including phenoxy) is 4. The van der Waals surface area contributed by atoms with Crippen LogP contribution in [0.15, 0.2) is 73.3 Å². The zero-order chi connectivity index (χ0) is 19.8. The second kappa shape index (κ2) is 10.5. The third-order valence-electron chi connectivity index (χ3n) is 4.71. The van der Waals surface area contributed by atoms with Crippen LogP contribution < -0.4 is 0 Å². The summed E-state index contributed by atoms with van der Waals surface area (Å²) in [4.78, 5) is 0. The molecule has 0 radical (unpaired) electrons. The Morgan fingerprint density at radius 3 is 2.21 bits per heavy atom. The van der Waals surface area contributed by atoms with Crippen molar-refractivity contribution in [2.24, 2.45) is 0 Å². The van der Waals surface area contributed by atoms with Crippen LogP contribution in [0.2, 0.25) is 0 Å². The summed E-state index contributed by atoms with van der Waals surface area (Å²) in [5.74, 6) is 0. The Bertz CT molecular complexity index is 705. The van der Waals surface area contributed by atoms with Crippen LogP contribution in [0.3, 0.4) is 0 Å². The highest BCUT2D eigenvalue weighted by molar-refractivity contribution is 5.14. The first-order chi connectivity index (χ1) is 13.7. The largest absolute Gasteiger partial charge is 0.385 e. The van der Waals surface area contributed by atoms with Crippen molar-refractivity contribution in [1.29, 1.82) is 0 Å². The van der Waals surface area contributed by atoms with Crippen molar-refractivity contribution >= 4 is 0 Å².